The standard InChI is InChI=1S/C23H32N6O4/c1-15-14-28(22(31)33-23(2,3)4)11-12-29(15)21-25-13-16(20(30)24-5)19(27-21)26-17-9-7-8-10-18(17)32-6/h7-10,13,15H,11-12,14H2,1-6H3,(H,24,30)(H,25,26,27). The van der Waals surface area contributed by atoms with E-state index in [1.165, 1.54) is 6.20 Å². The molecule has 33 heavy (non-hydrogen) atoms. The lowest BCUT2D eigenvalue weighted by atomic mass is 10.2. The van der Waals surface area contributed by atoms with Gasteiger partial charge in [0.2, 0.25) is 5.95 Å². The van der Waals surface area contributed by atoms with Crippen LogP contribution in [-0.2, 0) is 4.74 Å². The van der Waals surface area contributed by atoms with Gasteiger partial charge in [0.25, 0.3) is 5.91 Å². The van der Waals surface area contributed by atoms with Gasteiger partial charge in [-0.25, -0.2) is 9.78 Å². The van der Waals surface area contributed by atoms with Crippen molar-refractivity contribution in [2.75, 3.05) is 44.0 Å². The van der Waals surface area contributed by atoms with E-state index in [9.17, 15) is 9.59 Å². The van der Waals surface area contributed by atoms with Gasteiger partial charge in [0, 0.05) is 38.9 Å². The molecule has 0 aliphatic carbocycles. The number of carbonyl (C=O) groups is 2. The van der Waals surface area contributed by atoms with E-state index < -0.39 is 5.60 Å². The van der Waals surface area contributed by atoms with Gasteiger partial charge < -0.3 is 29.9 Å². The van der Waals surface area contributed by atoms with E-state index in [4.69, 9.17) is 9.47 Å². The normalized spacial score (nSPS) is 16.2. The first-order chi connectivity index (χ1) is 15.6. The summed E-state index contributed by atoms with van der Waals surface area (Å²) >= 11 is 0. The maximum absolute atomic E-state index is 12.5. The van der Waals surface area contributed by atoms with Crippen LogP contribution in [0.15, 0.2) is 30.5 Å². The second kappa shape index (κ2) is 9.93. The SMILES string of the molecule is CNC(=O)c1cnc(N2CCN(C(=O)OC(C)(C)C)CC2C)nc1Nc1ccccc1OC. The van der Waals surface area contributed by atoms with E-state index in [1.54, 1.807) is 19.1 Å². The summed E-state index contributed by atoms with van der Waals surface area (Å²) in [4.78, 5) is 37.7. The molecule has 0 radical (unpaired) electrons. The van der Waals surface area contributed by atoms with Crippen molar-refractivity contribution in [1.82, 2.24) is 20.2 Å². The quantitative estimate of drug-likeness (QED) is 0.707. The van der Waals surface area contributed by atoms with Crippen LogP contribution in [0.25, 0.3) is 0 Å². The molecule has 1 aliphatic rings. The van der Waals surface area contributed by atoms with Crippen molar-refractivity contribution in [1.29, 1.82) is 0 Å². The predicted octanol–water partition coefficient (Wildman–Crippen LogP) is 3.03. The fraction of sp³-hybridized carbons (Fsp3) is 0.478. The van der Waals surface area contributed by atoms with Gasteiger partial charge in [-0.1, -0.05) is 12.1 Å². The molecule has 3 rings (SSSR count). The van der Waals surface area contributed by atoms with Crippen LogP contribution in [0.5, 0.6) is 5.75 Å². The number of aromatic nitrogens is 2. The number of carbonyl (C=O) groups excluding carboxylic acids is 2. The summed E-state index contributed by atoms with van der Waals surface area (Å²) in [5, 5.41) is 5.82. The molecule has 1 atom stereocenters. The monoisotopic (exact) mass is 456 g/mol. The minimum absolute atomic E-state index is 0.0452. The third kappa shape index (κ3) is 5.82. The number of para-hydroxylation sites is 2. The third-order valence-corrected chi connectivity index (χ3v) is 5.14. The van der Waals surface area contributed by atoms with E-state index >= 15 is 0 Å². The zero-order chi connectivity index (χ0) is 24.2. The summed E-state index contributed by atoms with van der Waals surface area (Å²) in [6.45, 7) is 9.04. The maximum Gasteiger partial charge on any atom is 0.410 e. The first-order valence-corrected chi connectivity index (χ1v) is 10.9. The van der Waals surface area contributed by atoms with Crippen LogP contribution < -0.4 is 20.3 Å². The van der Waals surface area contributed by atoms with Crippen LogP contribution in [0, 0.1) is 0 Å². The van der Waals surface area contributed by atoms with Crippen LogP contribution in [0.4, 0.5) is 22.2 Å². The Bertz CT molecular complexity index is 1010. The summed E-state index contributed by atoms with van der Waals surface area (Å²) in [5.41, 5.74) is 0.444. The van der Waals surface area contributed by atoms with Crippen molar-refractivity contribution < 1.29 is 19.1 Å². The molecule has 2 N–H and O–H groups in total. The van der Waals surface area contributed by atoms with Crippen LogP contribution in [0.1, 0.15) is 38.1 Å². The van der Waals surface area contributed by atoms with Crippen molar-refractivity contribution >= 4 is 29.5 Å². The summed E-state index contributed by atoms with van der Waals surface area (Å²) in [7, 11) is 3.14. The Balaban J connectivity index is 1.85. The number of methoxy groups -OCH3 is 1. The molecule has 0 spiro atoms. The van der Waals surface area contributed by atoms with Crippen molar-refractivity contribution in [2.24, 2.45) is 0 Å². The summed E-state index contributed by atoms with van der Waals surface area (Å²) < 4.78 is 10.9. The highest BCUT2D eigenvalue weighted by atomic mass is 16.6. The van der Waals surface area contributed by atoms with E-state index in [1.807, 2.05) is 56.9 Å². The van der Waals surface area contributed by atoms with Crippen LogP contribution in [0.3, 0.4) is 0 Å². The molecule has 0 bridgehead atoms. The number of piperazine rings is 1. The lowest BCUT2D eigenvalue weighted by Crippen LogP contribution is -2.55. The van der Waals surface area contributed by atoms with E-state index in [0.717, 1.165) is 0 Å². The van der Waals surface area contributed by atoms with Crippen LogP contribution in [-0.4, -0.2) is 72.3 Å². The van der Waals surface area contributed by atoms with Gasteiger partial charge in [0.15, 0.2) is 0 Å². The van der Waals surface area contributed by atoms with Gasteiger partial charge in [-0.05, 0) is 39.8 Å². The number of ether oxygens (including phenoxy) is 2. The molecule has 178 valence electrons. The molecule has 1 aromatic heterocycles. The molecule has 2 aromatic rings. The number of amides is 2. The first-order valence-electron chi connectivity index (χ1n) is 10.9. The summed E-state index contributed by atoms with van der Waals surface area (Å²) in [6.07, 6.45) is 1.18. The van der Waals surface area contributed by atoms with E-state index in [0.29, 0.717) is 48.4 Å². The van der Waals surface area contributed by atoms with Gasteiger partial charge in [0.05, 0.1) is 12.8 Å². The topological polar surface area (TPSA) is 109 Å². The second-order valence-corrected chi connectivity index (χ2v) is 8.81. The summed E-state index contributed by atoms with van der Waals surface area (Å²) in [5.74, 6) is 1.16. The molecular formula is C23H32N6O4. The number of nitrogens with zero attached hydrogens (tertiary/aromatic N) is 4. The lowest BCUT2D eigenvalue weighted by Gasteiger charge is -2.40. The fourth-order valence-corrected chi connectivity index (χ4v) is 3.53. The molecule has 0 saturated carbocycles. The minimum atomic E-state index is -0.546. The largest absolute Gasteiger partial charge is 0.495 e. The highest BCUT2D eigenvalue weighted by Gasteiger charge is 2.31. The molecular weight excluding hydrogens is 424 g/mol. The molecule has 1 aromatic carbocycles. The number of hydrogen-bond acceptors (Lipinski definition) is 8. The van der Waals surface area contributed by atoms with Gasteiger partial charge in [-0.2, -0.15) is 4.98 Å². The van der Waals surface area contributed by atoms with E-state index in [2.05, 4.69) is 20.6 Å². The number of nitrogens with one attached hydrogen (secondary N) is 2. The molecule has 2 heterocycles. The fourth-order valence-electron chi connectivity index (χ4n) is 3.53. The zero-order valence-electron chi connectivity index (χ0n) is 20.0. The molecule has 1 fully saturated rings. The second-order valence-electron chi connectivity index (χ2n) is 8.81. The van der Waals surface area contributed by atoms with Gasteiger partial charge in [-0.3, -0.25) is 4.79 Å². The average molecular weight is 457 g/mol. The molecule has 2 amide bonds. The number of benzene rings is 1. The minimum Gasteiger partial charge on any atom is -0.495 e. The van der Waals surface area contributed by atoms with Crippen molar-refractivity contribution in [2.45, 2.75) is 39.3 Å². The Labute approximate surface area is 194 Å². The molecule has 1 unspecified atom stereocenters. The third-order valence-electron chi connectivity index (χ3n) is 5.14. The Morgan fingerprint density at radius 2 is 1.91 bits per heavy atom. The van der Waals surface area contributed by atoms with Gasteiger partial charge >= 0.3 is 6.09 Å². The Morgan fingerprint density at radius 3 is 2.55 bits per heavy atom. The Kier molecular flexibility index (Phi) is 7.25. The number of anilines is 3. The molecule has 1 aliphatic heterocycles. The molecule has 1 saturated heterocycles. The van der Waals surface area contributed by atoms with Crippen molar-refractivity contribution in [3.05, 3.63) is 36.0 Å². The molecule has 10 heteroatoms. The van der Waals surface area contributed by atoms with Gasteiger partial charge in [-0.15, -0.1) is 0 Å². The van der Waals surface area contributed by atoms with Crippen LogP contribution in [0.2, 0.25) is 0 Å². The smallest absolute Gasteiger partial charge is 0.410 e. The van der Waals surface area contributed by atoms with E-state index in [-0.39, 0.29) is 18.0 Å². The van der Waals surface area contributed by atoms with Crippen molar-refractivity contribution in [3.8, 4) is 5.75 Å². The first kappa shape index (κ1) is 24.1. The number of rotatable bonds is 5. The molecule has 10 nitrogen and oxygen atoms in total. The maximum atomic E-state index is 12.5. The highest BCUT2D eigenvalue weighted by Crippen LogP contribution is 2.29. The number of hydrogen-bond donors (Lipinski definition) is 2. The zero-order valence-corrected chi connectivity index (χ0v) is 20.0. The Hall–Kier alpha value is -3.56. The average Bonchev–Trinajstić information content (AvgIpc) is 2.77. The lowest BCUT2D eigenvalue weighted by molar-refractivity contribution is 0.0218. The van der Waals surface area contributed by atoms with Crippen LogP contribution >= 0.6 is 0 Å². The van der Waals surface area contributed by atoms with Gasteiger partial charge in [0.1, 0.15) is 22.7 Å². The predicted molar refractivity (Wildman–Crippen MR) is 126 cm³/mol. The highest BCUT2D eigenvalue weighted by molar-refractivity contribution is 5.99. The Morgan fingerprint density at radius 1 is 1.18 bits per heavy atom. The summed E-state index contributed by atoms with van der Waals surface area (Å²) in [6, 6.07) is 7.35. The van der Waals surface area contributed by atoms with Crippen molar-refractivity contribution in [3.63, 3.8) is 0 Å².